The molecule has 1 aliphatic heterocycles. The second-order valence-corrected chi connectivity index (χ2v) is 19.6. The largest absolute Gasteiger partial charge is 0.480 e. The topological polar surface area (TPSA) is 297 Å². The predicted molar refractivity (Wildman–Crippen MR) is 236 cm³/mol. The number of phosphoric ester groups is 1. The van der Waals surface area contributed by atoms with Crippen molar-refractivity contribution in [3.8, 4) is 0 Å². The second kappa shape index (κ2) is 25.0. The van der Waals surface area contributed by atoms with E-state index >= 15 is 0 Å². The maximum Gasteiger partial charge on any atom is 0.480 e. The summed E-state index contributed by atoms with van der Waals surface area (Å²) in [6, 6.07) is 6.00. The number of aromatic nitrogens is 6. The number of aliphatic hydroxyl groups is 2. The average molecular weight is 954 g/mol. The van der Waals surface area contributed by atoms with Gasteiger partial charge in [-0.25, -0.2) is 33.1 Å². The van der Waals surface area contributed by atoms with E-state index in [4.69, 9.17) is 14.0 Å². The first kappa shape index (κ1) is 51.6. The van der Waals surface area contributed by atoms with Gasteiger partial charge in [0.05, 0.1) is 24.1 Å². The number of hydrogen-bond donors (Lipinski definition) is 6. The summed E-state index contributed by atoms with van der Waals surface area (Å²) in [4.78, 5) is 68.7. The van der Waals surface area contributed by atoms with Crippen LogP contribution in [0.4, 0.5) is 16.4 Å². The number of unbranched alkanes of at least 4 members (excludes halogenated alkanes) is 16. The third-order valence-electron chi connectivity index (χ3n) is 11.3. The number of aryl methyl sites for hydroxylation is 1. The first-order chi connectivity index (χ1) is 31.1. The van der Waals surface area contributed by atoms with Crippen LogP contribution in [0.1, 0.15) is 140 Å². The Bertz CT molecular complexity index is 2290. The van der Waals surface area contributed by atoms with Crippen LogP contribution in [0.3, 0.4) is 0 Å². The van der Waals surface area contributed by atoms with Gasteiger partial charge in [0, 0.05) is 18.5 Å². The van der Waals surface area contributed by atoms with Crippen LogP contribution in [-0.2, 0) is 34.5 Å². The van der Waals surface area contributed by atoms with Crippen molar-refractivity contribution in [2.24, 2.45) is 7.05 Å². The molecular formula is C41H63N8O14P2+. The highest BCUT2D eigenvalue weighted by Crippen LogP contribution is 2.60. The summed E-state index contributed by atoms with van der Waals surface area (Å²) in [5.74, 6) is -0.385. The quantitative estimate of drug-likeness (QED) is 0.0102. The number of benzene rings is 1. The van der Waals surface area contributed by atoms with Crippen LogP contribution >= 0.6 is 15.6 Å². The number of H-pyrrole nitrogens is 1. The molecule has 4 aromatic rings. The Morgan fingerprint density at radius 2 is 1.57 bits per heavy atom. The van der Waals surface area contributed by atoms with Gasteiger partial charge in [0.1, 0.15) is 30.7 Å². The van der Waals surface area contributed by atoms with Crippen LogP contribution in [0.15, 0.2) is 54.1 Å². The van der Waals surface area contributed by atoms with Crippen molar-refractivity contribution in [3.63, 3.8) is 0 Å². The number of nitro benzene ring substituents is 1. The molecule has 4 unspecified atom stereocenters. The molecule has 3 aromatic heterocycles. The fourth-order valence-electron chi connectivity index (χ4n) is 7.88. The van der Waals surface area contributed by atoms with Crippen molar-refractivity contribution in [1.29, 1.82) is 0 Å². The van der Waals surface area contributed by atoms with E-state index in [0.29, 0.717) is 17.2 Å². The number of carbonyl (C=O) groups is 1. The fraction of sp³-hybridized carbons (Fsp3) is 0.634. The number of aromatic amines is 1. The number of carbonyl (C=O) groups excluding carboxylic acids is 1. The minimum absolute atomic E-state index is 0.0445. The maximum atomic E-state index is 13.4. The lowest BCUT2D eigenvalue weighted by Crippen LogP contribution is -2.46. The summed E-state index contributed by atoms with van der Waals surface area (Å²) < 4.78 is 48.8. The number of para-hydroxylation sites is 1. The average Bonchev–Trinajstić information content (AvgIpc) is 3.99. The fourth-order valence-corrected chi connectivity index (χ4v) is 10.2. The van der Waals surface area contributed by atoms with Crippen LogP contribution < -0.4 is 15.4 Å². The molecule has 0 saturated carbocycles. The standard InChI is InChI=1S/C41H62N8O14P2/c1-3-4-5-6-7-8-9-10-11-12-13-14-15-16-17-18-19-24-32(30-22-20-21-23-31(30)49(54)55)62-41(53)45-40-43-37-34(38(52)44-40)46(2)29-48(37)39-36(51)35(50)33(61-39)27-60-65(58,59)63-64(56,57)47-26-25-42-28-47/h20-23,25-26,28-29,32-33,35-36,39,50-51H,3-19,24,27H2,1-2H3,(H3-,43,44,45,52,53,56,57,58,59)/p+1/t32?,33-,35+,36?,39-/m1/s1. The van der Waals surface area contributed by atoms with Gasteiger partial charge in [0.25, 0.3) is 17.2 Å². The molecule has 1 aliphatic rings. The Kier molecular flexibility index (Phi) is 19.8. The van der Waals surface area contributed by atoms with Crippen molar-refractivity contribution in [2.75, 3.05) is 11.9 Å². The van der Waals surface area contributed by atoms with Gasteiger partial charge in [-0.05, 0) is 18.9 Å². The molecule has 0 bridgehead atoms. The molecule has 1 saturated heterocycles. The lowest BCUT2D eigenvalue weighted by molar-refractivity contribution is -0.745. The number of rotatable bonds is 29. The van der Waals surface area contributed by atoms with Crippen LogP contribution in [0.5, 0.6) is 0 Å². The molecule has 0 radical (unpaired) electrons. The molecule has 24 heteroatoms. The second-order valence-electron chi connectivity index (χ2n) is 16.3. The molecule has 1 amide bonds. The summed E-state index contributed by atoms with van der Waals surface area (Å²) in [5, 5.41) is 36.1. The molecule has 360 valence electrons. The number of fused-ring (bicyclic) bond motifs is 1. The lowest BCUT2D eigenvalue weighted by atomic mass is 10.00. The smallest absolute Gasteiger partial charge is 0.441 e. The monoisotopic (exact) mass is 953 g/mol. The van der Waals surface area contributed by atoms with E-state index < -0.39 is 69.4 Å². The van der Waals surface area contributed by atoms with Crippen LogP contribution in [0.25, 0.3) is 11.2 Å². The van der Waals surface area contributed by atoms with Gasteiger partial charge >= 0.3 is 27.3 Å². The van der Waals surface area contributed by atoms with E-state index in [1.165, 1.54) is 118 Å². The summed E-state index contributed by atoms with van der Waals surface area (Å²) in [7, 11) is -8.68. The Balaban J connectivity index is 1.15. The number of aliphatic hydroxyl groups excluding tert-OH is 2. The zero-order chi connectivity index (χ0) is 47.0. The van der Waals surface area contributed by atoms with E-state index in [9.17, 15) is 48.8 Å². The summed E-state index contributed by atoms with van der Waals surface area (Å²) in [5.41, 5.74) is -0.923. The van der Waals surface area contributed by atoms with Gasteiger partial charge in [-0.3, -0.25) is 29.0 Å². The Labute approximate surface area is 376 Å². The molecule has 4 heterocycles. The number of ether oxygens (including phenoxy) is 2. The number of amides is 1. The highest BCUT2D eigenvalue weighted by molar-refractivity contribution is 7.63. The molecule has 5 rings (SSSR count). The normalized spacial score (nSPS) is 19.8. The minimum atomic E-state index is -5.26. The van der Waals surface area contributed by atoms with E-state index in [2.05, 4.69) is 31.5 Å². The third kappa shape index (κ3) is 15.1. The molecule has 0 aliphatic carbocycles. The lowest BCUT2D eigenvalue weighted by Gasteiger charge is -2.19. The summed E-state index contributed by atoms with van der Waals surface area (Å²) >= 11 is 0. The highest BCUT2D eigenvalue weighted by Gasteiger charge is 2.48. The minimum Gasteiger partial charge on any atom is -0.441 e. The molecule has 65 heavy (non-hydrogen) atoms. The molecular weight excluding hydrogens is 890 g/mol. The van der Waals surface area contributed by atoms with Crippen molar-refractivity contribution >= 4 is 44.5 Å². The zero-order valence-corrected chi connectivity index (χ0v) is 38.7. The number of nitro groups is 1. The van der Waals surface area contributed by atoms with E-state index in [0.717, 1.165) is 44.4 Å². The van der Waals surface area contributed by atoms with Crippen molar-refractivity contribution in [1.82, 2.24) is 23.9 Å². The Hall–Kier alpha value is -4.37. The Morgan fingerprint density at radius 3 is 2.15 bits per heavy atom. The summed E-state index contributed by atoms with van der Waals surface area (Å²) in [6.07, 6.45) is 16.4. The Morgan fingerprint density at radius 1 is 0.969 bits per heavy atom. The van der Waals surface area contributed by atoms with Crippen molar-refractivity contribution in [3.05, 3.63) is 75.3 Å². The molecule has 7 atom stereocenters. The SMILES string of the molecule is CCCCCCCCCCCCCCCCCCCC(OC(=O)Nc1nc2c(c(=O)[nH]1)n(C)c[n+]2[C@@H]1O[C@H](COP(=O)(O)OP(=O)(O)n2ccnc2)[C@H](O)C1O)c1ccccc1[N+](=O)[O-]. The van der Waals surface area contributed by atoms with Crippen LogP contribution in [0, 0.1) is 10.1 Å². The highest BCUT2D eigenvalue weighted by atomic mass is 31.3. The maximum absolute atomic E-state index is 13.4. The van der Waals surface area contributed by atoms with E-state index in [1.807, 2.05) is 0 Å². The van der Waals surface area contributed by atoms with Crippen molar-refractivity contribution in [2.45, 2.75) is 153 Å². The number of hydrogen-bond acceptors (Lipinski definition) is 14. The number of nitrogens with zero attached hydrogens (tertiary/aromatic N) is 6. The van der Waals surface area contributed by atoms with Gasteiger partial charge in [-0.2, -0.15) is 4.31 Å². The van der Waals surface area contributed by atoms with Crippen molar-refractivity contribution < 1.29 is 61.7 Å². The number of anilines is 1. The van der Waals surface area contributed by atoms with Gasteiger partial charge in [-0.15, -0.1) is 0 Å². The molecule has 0 spiro atoms. The number of imidazole rings is 2. The third-order valence-corrected chi connectivity index (χ3v) is 14.3. The van der Waals surface area contributed by atoms with E-state index in [1.54, 1.807) is 6.07 Å². The van der Waals surface area contributed by atoms with Gasteiger partial charge in [0.15, 0.2) is 6.33 Å². The molecule has 22 nitrogen and oxygen atoms in total. The van der Waals surface area contributed by atoms with Gasteiger partial charge in [-0.1, -0.05) is 127 Å². The first-order valence-corrected chi connectivity index (χ1v) is 25.4. The zero-order valence-electron chi connectivity index (χ0n) is 36.9. The van der Waals surface area contributed by atoms with Crippen LogP contribution in [-0.4, -0.2) is 79.8 Å². The van der Waals surface area contributed by atoms with Crippen LogP contribution in [0.2, 0.25) is 0 Å². The number of nitrogens with one attached hydrogen (secondary N) is 2. The van der Waals surface area contributed by atoms with Gasteiger partial charge in [0.2, 0.25) is 11.7 Å². The number of phosphoric acid groups is 1. The summed E-state index contributed by atoms with van der Waals surface area (Å²) in [6.45, 7) is 1.34. The predicted octanol–water partition coefficient (Wildman–Crippen LogP) is 7.39. The first-order valence-electron chi connectivity index (χ1n) is 22.3. The molecule has 1 aromatic carbocycles. The van der Waals surface area contributed by atoms with Gasteiger partial charge < -0.3 is 29.5 Å². The molecule has 6 N–H and O–H groups in total. The molecule has 1 fully saturated rings. The van der Waals surface area contributed by atoms with E-state index in [-0.39, 0.29) is 28.4 Å².